The highest BCUT2D eigenvalue weighted by molar-refractivity contribution is 5.92. The van der Waals surface area contributed by atoms with Crippen molar-refractivity contribution < 1.29 is 4.79 Å². The van der Waals surface area contributed by atoms with E-state index in [1.165, 1.54) is 0 Å². The summed E-state index contributed by atoms with van der Waals surface area (Å²) in [6.45, 7) is 3.65. The molecule has 0 aliphatic carbocycles. The van der Waals surface area contributed by atoms with Crippen molar-refractivity contribution in [3.8, 4) is 0 Å². The molecule has 3 N–H and O–H groups in total. The highest BCUT2D eigenvalue weighted by Crippen LogP contribution is 2.08. The summed E-state index contributed by atoms with van der Waals surface area (Å²) in [7, 11) is 0. The zero-order chi connectivity index (χ0) is 10.6. The SMILES string of the molecule is CC(N)C(C)C(=O)Nc1ccccc1. The maximum atomic E-state index is 11.6. The first kappa shape index (κ1) is 10.7. The van der Waals surface area contributed by atoms with Crippen molar-refractivity contribution in [1.82, 2.24) is 0 Å². The lowest BCUT2D eigenvalue weighted by molar-refractivity contribution is -0.119. The van der Waals surface area contributed by atoms with Crippen molar-refractivity contribution >= 4 is 11.6 Å². The number of nitrogens with one attached hydrogen (secondary N) is 1. The van der Waals surface area contributed by atoms with Crippen molar-refractivity contribution in [2.75, 3.05) is 5.32 Å². The van der Waals surface area contributed by atoms with Gasteiger partial charge in [0.25, 0.3) is 0 Å². The number of nitrogens with two attached hydrogens (primary N) is 1. The third-order valence-electron chi connectivity index (χ3n) is 2.24. The largest absolute Gasteiger partial charge is 0.327 e. The van der Waals surface area contributed by atoms with Gasteiger partial charge < -0.3 is 11.1 Å². The second kappa shape index (κ2) is 4.77. The van der Waals surface area contributed by atoms with Gasteiger partial charge in [-0.05, 0) is 19.1 Å². The Balaban J connectivity index is 2.58. The maximum Gasteiger partial charge on any atom is 0.228 e. The fraction of sp³-hybridized carbons (Fsp3) is 0.364. The fourth-order valence-corrected chi connectivity index (χ4v) is 1.02. The van der Waals surface area contributed by atoms with Gasteiger partial charge in [-0.1, -0.05) is 25.1 Å². The second-order valence-electron chi connectivity index (χ2n) is 3.50. The smallest absolute Gasteiger partial charge is 0.228 e. The Hall–Kier alpha value is -1.35. The molecule has 0 aliphatic heterocycles. The van der Waals surface area contributed by atoms with E-state index in [0.29, 0.717) is 0 Å². The van der Waals surface area contributed by atoms with Gasteiger partial charge in [-0.15, -0.1) is 0 Å². The van der Waals surface area contributed by atoms with Crippen LogP contribution in [-0.2, 0) is 4.79 Å². The summed E-state index contributed by atoms with van der Waals surface area (Å²) in [5.41, 5.74) is 6.44. The fourth-order valence-electron chi connectivity index (χ4n) is 1.02. The van der Waals surface area contributed by atoms with Crippen molar-refractivity contribution in [2.45, 2.75) is 19.9 Å². The number of carbonyl (C=O) groups is 1. The van der Waals surface area contributed by atoms with Crippen LogP contribution in [0.1, 0.15) is 13.8 Å². The molecule has 0 aliphatic rings. The van der Waals surface area contributed by atoms with Crippen LogP contribution in [0.3, 0.4) is 0 Å². The summed E-state index contributed by atoms with van der Waals surface area (Å²) in [5.74, 6) is -0.207. The number of rotatable bonds is 3. The quantitative estimate of drug-likeness (QED) is 0.764. The summed E-state index contributed by atoms with van der Waals surface area (Å²) < 4.78 is 0. The molecular weight excluding hydrogens is 176 g/mol. The molecular formula is C11H16N2O. The van der Waals surface area contributed by atoms with Crippen LogP contribution in [0.4, 0.5) is 5.69 Å². The first-order chi connectivity index (χ1) is 6.61. The lowest BCUT2D eigenvalue weighted by Crippen LogP contribution is -2.34. The summed E-state index contributed by atoms with van der Waals surface area (Å²) >= 11 is 0. The van der Waals surface area contributed by atoms with Crippen LogP contribution in [0.15, 0.2) is 30.3 Å². The molecule has 2 atom stereocenters. The Morgan fingerprint density at radius 2 is 1.86 bits per heavy atom. The van der Waals surface area contributed by atoms with E-state index in [-0.39, 0.29) is 17.9 Å². The molecule has 0 spiro atoms. The molecule has 1 aromatic rings. The van der Waals surface area contributed by atoms with Crippen molar-refractivity contribution in [2.24, 2.45) is 11.7 Å². The van der Waals surface area contributed by atoms with Gasteiger partial charge >= 0.3 is 0 Å². The van der Waals surface area contributed by atoms with Gasteiger partial charge in [0.2, 0.25) is 5.91 Å². The van der Waals surface area contributed by atoms with Gasteiger partial charge in [0.1, 0.15) is 0 Å². The molecule has 1 amide bonds. The minimum Gasteiger partial charge on any atom is -0.327 e. The lowest BCUT2D eigenvalue weighted by atomic mass is 10.0. The number of hydrogen-bond acceptors (Lipinski definition) is 2. The molecule has 3 nitrogen and oxygen atoms in total. The van der Waals surface area contributed by atoms with Gasteiger partial charge in [-0.3, -0.25) is 4.79 Å². The van der Waals surface area contributed by atoms with E-state index in [9.17, 15) is 4.79 Å². The van der Waals surface area contributed by atoms with E-state index in [4.69, 9.17) is 5.73 Å². The van der Waals surface area contributed by atoms with Gasteiger partial charge in [0.05, 0.1) is 5.92 Å². The molecule has 0 saturated carbocycles. The van der Waals surface area contributed by atoms with Crippen LogP contribution >= 0.6 is 0 Å². The average Bonchev–Trinajstić information content (AvgIpc) is 2.18. The van der Waals surface area contributed by atoms with Crippen LogP contribution in [0.5, 0.6) is 0 Å². The average molecular weight is 192 g/mol. The van der Waals surface area contributed by atoms with E-state index in [0.717, 1.165) is 5.69 Å². The van der Waals surface area contributed by atoms with Gasteiger partial charge in [0, 0.05) is 11.7 Å². The molecule has 1 rings (SSSR count). The number of amides is 1. The van der Waals surface area contributed by atoms with Crippen LogP contribution in [0.2, 0.25) is 0 Å². The van der Waals surface area contributed by atoms with Crippen LogP contribution in [0.25, 0.3) is 0 Å². The molecule has 0 radical (unpaired) electrons. The van der Waals surface area contributed by atoms with Crippen LogP contribution < -0.4 is 11.1 Å². The van der Waals surface area contributed by atoms with E-state index < -0.39 is 0 Å². The lowest BCUT2D eigenvalue weighted by Gasteiger charge is -2.15. The Kier molecular flexibility index (Phi) is 3.65. The normalized spacial score (nSPS) is 14.5. The number of para-hydroxylation sites is 1. The zero-order valence-corrected chi connectivity index (χ0v) is 8.53. The Bertz CT molecular complexity index is 295. The Morgan fingerprint density at radius 1 is 1.29 bits per heavy atom. The van der Waals surface area contributed by atoms with Crippen molar-refractivity contribution in [3.05, 3.63) is 30.3 Å². The monoisotopic (exact) mass is 192 g/mol. The highest BCUT2D eigenvalue weighted by atomic mass is 16.1. The zero-order valence-electron chi connectivity index (χ0n) is 8.53. The van der Waals surface area contributed by atoms with E-state index >= 15 is 0 Å². The Morgan fingerprint density at radius 3 is 2.36 bits per heavy atom. The molecule has 0 bridgehead atoms. The number of carbonyl (C=O) groups excluding carboxylic acids is 1. The molecule has 0 heterocycles. The third kappa shape index (κ3) is 2.85. The number of benzene rings is 1. The van der Waals surface area contributed by atoms with Crippen molar-refractivity contribution in [1.29, 1.82) is 0 Å². The predicted octanol–water partition coefficient (Wildman–Crippen LogP) is 1.61. The summed E-state index contributed by atoms with van der Waals surface area (Å²) in [4.78, 5) is 11.6. The van der Waals surface area contributed by atoms with Gasteiger partial charge in [-0.25, -0.2) is 0 Å². The molecule has 0 aromatic heterocycles. The molecule has 3 heteroatoms. The number of hydrogen-bond donors (Lipinski definition) is 2. The van der Waals surface area contributed by atoms with Gasteiger partial charge in [0.15, 0.2) is 0 Å². The van der Waals surface area contributed by atoms with Crippen LogP contribution in [0, 0.1) is 5.92 Å². The summed E-state index contributed by atoms with van der Waals surface area (Å²) in [6.07, 6.45) is 0. The predicted molar refractivity (Wildman–Crippen MR) is 57.9 cm³/mol. The summed E-state index contributed by atoms with van der Waals surface area (Å²) in [6, 6.07) is 9.25. The van der Waals surface area contributed by atoms with Gasteiger partial charge in [-0.2, -0.15) is 0 Å². The molecule has 2 unspecified atom stereocenters. The third-order valence-corrected chi connectivity index (χ3v) is 2.24. The van der Waals surface area contributed by atoms with E-state index in [2.05, 4.69) is 5.32 Å². The molecule has 0 fully saturated rings. The highest BCUT2D eigenvalue weighted by Gasteiger charge is 2.16. The first-order valence-electron chi connectivity index (χ1n) is 4.72. The van der Waals surface area contributed by atoms with E-state index in [1.807, 2.05) is 44.2 Å². The topological polar surface area (TPSA) is 55.1 Å². The standard InChI is InChI=1S/C11H16N2O/c1-8(9(2)12)11(14)13-10-6-4-3-5-7-10/h3-9H,12H2,1-2H3,(H,13,14). The molecule has 14 heavy (non-hydrogen) atoms. The maximum absolute atomic E-state index is 11.6. The minimum atomic E-state index is -0.171. The minimum absolute atomic E-state index is 0.0359. The molecule has 76 valence electrons. The molecule has 0 saturated heterocycles. The Labute approximate surface area is 84.3 Å². The second-order valence-corrected chi connectivity index (χ2v) is 3.50. The van der Waals surface area contributed by atoms with Crippen LogP contribution in [-0.4, -0.2) is 11.9 Å². The molecule has 1 aromatic carbocycles. The van der Waals surface area contributed by atoms with Crippen molar-refractivity contribution in [3.63, 3.8) is 0 Å². The first-order valence-corrected chi connectivity index (χ1v) is 4.72. The number of anilines is 1. The van der Waals surface area contributed by atoms with E-state index in [1.54, 1.807) is 0 Å². The summed E-state index contributed by atoms with van der Waals surface area (Å²) in [5, 5.41) is 2.80.